The molecule has 2 aromatic heterocycles. The predicted molar refractivity (Wildman–Crippen MR) is 74.6 cm³/mol. The maximum atomic E-state index is 2.26. The Morgan fingerprint density at radius 2 is 1.32 bits per heavy atom. The van der Waals surface area contributed by atoms with E-state index in [4.69, 9.17) is 0 Å². The van der Waals surface area contributed by atoms with E-state index in [2.05, 4.69) is 77.3 Å². The average molecular weight is 266 g/mol. The number of pyridine rings is 2. The van der Waals surface area contributed by atoms with Crippen molar-refractivity contribution in [2.75, 3.05) is 0 Å². The van der Waals surface area contributed by atoms with E-state index in [9.17, 15) is 0 Å². The van der Waals surface area contributed by atoms with Gasteiger partial charge in [-0.2, -0.15) is 4.40 Å². The molecule has 0 radical (unpaired) electrons. The van der Waals surface area contributed by atoms with Crippen LogP contribution < -0.4 is 16.8 Å². The van der Waals surface area contributed by atoms with E-state index in [0.29, 0.717) is 0 Å². The molecule has 4 rings (SSSR count). The van der Waals surface area contributed by atoms with Crippen molar-refractivity contribution in [3.05, 3.63) is 72.9 Å². The molecule has 19 heavy (non-hydrogen) atoms. The summed E-state index contributed by atoms with van der Waals surface area (Å²) < 4.78 is 2.26. The van der Waals surface area contributed by atoms with Crippen molar-refractivity contribution in [2.45, 2.75) is 0 Å². The molecule has 0 aliphatic rings. The van der Waals surface area contributed by atoms with Gasteiger partial charge in [0, 0.05) is 23.6 Å². The normalized spacial score (nSPS) is 10.7. The maximum Gasteiger partial charge on any atom is 0.219 e. The van der Waals surface area contributed by atoms with Crippen molar-refractivity contribution in [3.63, 3.8) is 0 Å². The van der Waals surface area contributed by atoms with Crippen LogP contribution in [0.25, 0.3) is 27.2 Å². The molecular formula is C17H12ClN. The molecule has 92 valence electrons. The minimum atomic E-state index is 0. The van der Waals surface area contributed by atoms with Crippen LogP contribution in [0.15, 0.2) is 72.9 Å². The highest BCUT2D eigenvalue weighted by Crippen LogP contribution is 2.19. The molecule has 0 spiro atoms. The molecule has 0 atom stereocenters. The zero-order valence-corrected chi connectivity index (χ0v) is 11.0. The number of fused-ring (bicyclic) bond motifs is 5. The zero-order chi connectivity index (χ0) is 11.9. The number of aromatic nitrogens is 1. The second-order valence-electron chi connectivity index (χ2n) is 4.55. The molecular weight excluding hydrogens is 254 g/mol. The van der Waals surface area contributed by atoms with Crippen molar-refractivity contribution >= 4 is 27.2 Å². The van der Waals surface area contributed by atoms with Crippen molar-refractivity contribution in [1.29, 1.82) is 0 Å². The fourth-order valence-corrected chi connectivity index (χ4v) is 2.64. The van der Waals surface area contributed by atoms with Gasteiger partial charge in [0.15, 0.2) is 6.20 Å². The van der Waals surface area contributed by atoms with Gasteiger partial charge in [-0.1, -0.05) is 30.3 Å². The summed E-state index contributed by atoms with van der Waals surface area (Å²) in [5.41, 5.74) is 2.51. The van der Waals surface area contributed by atoms with Gasteiger partial charge in [-0.05, 0) is 23.6 Å². The van der Waals surface area contributed by atoms with Crippen LogP contribution in [0.1, 0.15) is 0 Å². The summed E-state index contributed by atoms with van der Waals surface area (Å²) in [5.74, 6) is 0. The maximum absolute atomic E-state index is 2.26. The van der Waals surface area contributed by atoms with Crippen LogP contribution in [0.4, 0.5) is 0 Å². The molecule has 4 aromatic rings. The molecule has 2 heterocycles. The van der Waals surface area contributed by atoms with Crippen LogP contribution in [-0.2, 0) is 0 Å². The number of hydrogen-bond donors (Lipinski definition) is 0. The number of nitrogens with zero attached hydrogens (tertiary/aromatic N) is 1. The smallest absolute Gasteiger partial charge is 0.219 e. The number of hydrogen-bond acceptors (Lipinski definition) is 0. The number of benzene rings is 2. The molecule has 0 saturated carbocycles. The highest BCUT2D eigenvalue weighted by Gasteiger charge is 2.10. The van der Waals surface area contributed by atoms with Crippen LogP contribution in [0, 0.1) is 0 Å². The minimum absolute atomic E-state index is 0. The van der Waals surface area contributed by atoms with Gasteiger partial charge in [0.1, 0.15) is 0 Å². The molecule has 2 heteroatoms. The van der Waals surface area contributed by atoms with E-state index < -0.39 is 0 Å². The van der Waals surface area contributed by atoms with Crippen molar-refractivity contribution < 1.29 is 16.8 Å². The Labute approximate surface area is 117 Å². The molecule has 0 saturated heterocycles. The lowest BCUT2D eigenvalue weighted by atomic mass is 10.1. The Kier molecular flexibility index (Phi) is 2.84. The topological polar surface area (TPSA) is 4.10 Å². The molecule has 0 aliphatic carbocycles. The first kappa shape index (κ1) is 11.9. The molecule has 0 amide bonds. The van der Waals surface area contributed by atoms with Gasteiger partial charge < -0.3 is 12.4 Å². The second kappa shape index (κ2) is 4.52. The van der Waals surface area contributed by atoms with Crippen LogP contribution >= 0.6 is 0 Å². The van der Waals surface area contributed by atoms with Gasteiger partial charge in [-0.15, -0.1) is 0 Å². The Morgan fingerprint density at radius 3 is 2.21 bits per heavy atom. The molecule has 0 N–H and O–H groups in total. The third-order valence-corrected chi connectivity index (χ3v) is 3.52. The first-order valence-corrected chi connectivity index (χ1v) is 6.14. The highest BCUT2D eigenvalue weighted by atomic mass is 35.5. The fourth-order valence-electron chi connectivity index (χ4n) is 2.64. The summed E-state index contributed by atoms with van der Waals surface area (Å²) in [7, 11) is 0. The van der Waals surface area contributed by atoms with Crippen molar-refractivity contribution in [1.82, 2.24) is 0 Å². The lowest BCUT2D eigenvalue weighted by molar-refractivity contribution is -0.480. The van der Waals surface area contributed by atoms with E-state index in [1.807, 2.05) is 0 Å². The number of halogens is 1. The standard InChI is InChI=1S/C17H12N.ClH/c1-3-7-15-13(5-1)11-12-18-16-8-4-2-6-14(16)9-10-17(15)18;/h1-12H;1H/q+1;/p-1. The highest BCUT2D eigenvalue weighted by molar-refractivity contribution is 5.94. The summed E-state index contributed by atoms with van der Waals surface area (Å²) in [6.07, 6.45) is 2.15. The van der Waals surface area contributed by atoms with Gasteiger partial charge in [-0.3, -0.25) is 0 Å². The Hall–Kier alpha value is -2.12. The van der Waals surface area contributed by atoms with E-state index in [-0.39, 0.29) is 12.4 Å². The van der Waals surface area contributed by atoms with E-state index >= 15 is 0 Å². The third kappa shape index (κ3) is 1.74. The first-order valence-electron chi connectivity index (χ1n) is 6.14. The summed E-state index contributed by atoms with van der Waals surface area (Å²) >= 11 is 0. The van der Waals surface area contributed by atoms with Gasteiger partial charge in [0.25, 0.3) is 0 Å². The lowest BCUT2D eigenvalue weighted by Crippen LogP contribution is -3.00. The van der Waals surface area contributed by atoms with Crippen molar-refractivity contribution in [2.24, 2.45) is 0 Å². The van der Waals surface area contributed by atoms with Crippen LogP contribution in [-0.4, -0.2) is 0 Å². The van der Waals surface area contributed by atoms with Gasteiger partial charge >= 0.3 is 0 Å². The predicted octanol–water partition coefficient (Wildman–Crippen LogP) is 0.736. The largest absolute Gasteiger partial charge is 1.00 e. The fraction of sp³-hybridized carbons (Fsp3) is 0. The van der Waals surface area contributed by atoms with E-state index in [1.165, 1.54) is 27.2 Å². The second-order valence-corrected chi connectivity index (χ2v) is 4.55. The zero-order valence-electron chi connectivity index (χ0n) is 10.3. The number of rotatable bonds is 0. The van der Waals surface area contributed by atoms with Crippen LogP contribution in [0.3, 0.4) is 0 Å². The summed E-state index contributed by atoms with van der Waals surface area (Å²) in [6, 6.07) is 23.6. The molecule has 0 unspecified atom stereocenters. The van der Waals surface area contributed by atoms with Crippen LogP contribution in [0.5, 0.6) is 0 Å². The third-order valence-electron chi connectivity index (χ3n) is 3.52. The monoisotopic (exact) mass is 265 g/mol. The molecule has 0 aliphatic heterocycles. The Morgan fingerprint density at radius 1 is 0.579 bits per heavy atom. The number of para-hydroxylation sites is 1. The Bertz CT molecular complexity index is 808. The Balaban J connectivity index is 0.00000110. The minimum Gasteiger partial charge on any atom is -1.00 e. The molecule has 2 aromatic carbocycles. The molecule has 0 fully saturated rings. The first-order chi connectivity index (χ1) is 8.93. The van der Waals surface area contributed by atoms with E-state index in [1.54, 1.807) is 0 Å². The lowest BCUT2D eigenvalue weighted by Gasteiger charge is -2.00. The van der Waals surface area contributed by atoms with E-state index in [0.717, 1.165) is 0 Å². The summed E-state index contributed by atoms with van der Waals surface area (Å²) in [6.45, 7) is 0. The van der Waals surface area contributed by atoms with Crippen molar-refractivity contribution in [3.8, 4) is 0 Å². The molecule has 0 bridgehead atoms. The van der Waals surface area contributed by atoms with Gasteiger partial charge in [0.2, 0.25) is 11.0 Å². The molecule has 1 nitrogen and oxygen atoms in total. The van der Waals surface area contributed by atoms with Gasteiger partial charge in [-0.25, -0.2) is 0 Å². The summed E-state index contributed by atoms with van der Waals surface area (Å²) in [4.78, 5) is 0. The van der Waals surface area contributed by atoms with Crippen LogP contribution in [0.2, 0.25) is 0 Å². The summed E-state index contributed by atoms with van der Waals surface area (Å²) in [5, 5.41) is 3.85. The quantitative estimate of drug-likeness (QED) is 0.326. The average Bonchev–Trinajstić information content (AvgIpc) is 2.46. The SMILES string of the molecule is [Cl-].c1ccc2c(c1)cc[n+]1c3ccccc3ccc21. The van der Waals surface area contributed by atoms with Gasteiger partial charge in [0.05, 0.1) is 5.39 Å².